The molecule has 24 heavy (non-hydrogen) atoms. The lowest BCUT2D eigenvalue weighted by Gasteiger charge is -2.31. The number of benzene rings is 1. The standard InChI is InChI=1S/C20H28N2O2/c1-15-14-22(17-10-6-3-7-11-17)20(24)18(15)12-19(23)21-13-16-8-4-2-5-9-16/h2,4-5,8-9,15,17-18H,3,6-7,10-14H2,1H3,(H,21,23)/t15-,18+/m0/s1. The zero-order chi connectivity index (χ0) is 16.9. The average molecular weight is 328 g/mol. The van der Waals surface area contributed by atoms with E-state index in [9.17, 15) is 9.59 Å². The van der Waals surface area contributed by atoms with Crippen LogP contribution in [0.25, 0.3) is 0 Å². The maximum Gasteiger partial charge on any atom is 0.226 e. The molecule has 1 aromatic carbocycles. The third-order valence-corrected chi connectivity index (χ3v) is 5.53. The number of carbonyl (C=O) groups is 2. The van der Waals surface area contributed by atoms with Gasteiger partial charge in [0.15, 0.2) is 0 Å². The van der Waals surface area contributed by atoms with Gasteiger partial charge in [0.25, 0.3) is 0 Å². The first-order valence-electron chi connectivity index (χ1n) is 9.26. The van der Waals surface area contributed by atoms with Crippen molar-refractivity contribution in [3.8, 4) is 0 Å². The van der Waals surface area contributed by atoms with Gasteiger partial charge >= 0.3 is 0 Å². The molecule has 3 rings (SSSR count). The highest BCUT2D eigenvalue weighted by molar-refractivity contribution is 5.87. The molecule has 130 valence electrons. The molecule has 2 aliphatic rings. The summed E-state index contributed by atoms with van der Waals surface area (Å²) >= 11 is 0. The van der Waals surface area contributed by atoms with Crippen LogP contribution in [0.5, 0.6) is 0 Å². The SMILES string of the molecule is C[C@H]1CN(C2CCCCC2)C(=O)[C@@H]1CC(=O)NCc1ccccc1. The Labute approximate surface area is 144 Å². The molecule has 1 N–H and O–H groups in total. The van der Waals surface area contributed by atoms with E-state index in [-0.39, 0.29) is 23.7 Å². The maximum atomic E-state index is 12.8. The van der Waals surface area contributed by atoms with Crippen LogP contribution >= 0.6 is 0 Å². The summed E-state index contributed by atoms with van der Waals surface area (Å²) in [6.07, 6.45) is 6.32. The summed E-state index contributed by atoms with van der Waals surface area (Å²) in [7, 11) is 0. The topological polar surface area (TPSA) is 49.4 Å². The van der Waals surface area contributed by atoms with Crippen molar-refractivity contribution in [2.75, 3.05) is 6.54 Å². The van der Waals surface area contributed by atoms with Gasteiger partial charge in [-0.15, -0.1) is 0 Å². The van der Waals surface area contributed by atoms with Crippen LogP contribution in [0.2, 0.25) is 0 Å². The van der Waals surface area contributed by atoms with Crippen molar-refractivity contribution in [2.24, 2.45) is 11.8 Å². The van der Waals surface area contributed by atoms with E-state index in [0.717, 1.165) is 24.9 Å². The zero-order valence-corrected chi connectivity index (χ0v) is 14.5. The van der Waals surface area contributed by atoms with Crippen LogP contribution in [0.1, 0.15) is 51.0 Å². The highest BCUT2D eigenvalue weighted by atomic mass is 16.2. The molecule has 1 aromatic rings. The Kier molecular flexibility index (Phi) is 5.54. The first kappa shape index (κ1) is 17.0. The summed E-state index contributed by atoms with van der Waals surface area (Å²) < 4.78 is 0. The molecule has 0 radical (unpaired) electrons. The summed E-state index contributed by atoms with van der Waals surface area (Å²) in [5.74, 6) is 0.295. The summed E-state index contributed by atoms with van der Waals surface area (Å²) in [5, 5.41) is 2.95. The van der Waals surface area contributed by atoms with Crippen molar-refractivity contribution in [3.05, 3.63) is 35.9 Å². The van der Waals surface area contributed by atoms with Gasteiger partial charge in [-0.25, -0.2) is 0 Å². The molecule has 0 unspecified atom stereocenters. The molecule has 2 fully saturated rings. The summed E-state index contributed by atoms with van der Waals surface area (Å²) in [5.41, 5.74) is 1.08. The van der Waals surface area contributed by atoms with Crippen molar-refractivity contribution in [2.45, 2.75) is 58.0 Å². The number of amides is 2. The van der Waals surface area contributed by atoms with Crippen LogP contribution in [0, 0.1) is 11.8 Å². The molecule has 0 spiro atoms. The van der Waals surface area contributed by atoms with Crippen LogP contribution in [0.4, 0.5) is 0 Å². The van der Waals surface area contributed by atoms with Gasteiger partial charge in [-0.3, -0.25) is 9.59 Å². The number of carbonyl (C=O) groups excluding carboxylic acids is 2. The van der Waals surface area contributed by atoms with E-state index in [1.807, 2.05) is 30.3 Å². The molecule has 1 saturated heterocycles. The van der Waals surface area contributed by atoms with Gasteiger partial charge in [-0.1, -0.05) is 56.5 Å². The summed E-state index contributed by atoms with van der Waals surface area (Å²) in [4.78, 5) is 27.1. The molecule has 1 heterocycles. The van der Waals surface area contributed by atoms with Gasteiger partial charge in [0, 0.05) is 25.6 Å². The first-order valence-corrected chi connectivity index (χ1v) is 9.26. The fourth-order valence-corrected chi connectivity index (χ4v) is 4.06. The minimum Gasteiger partial charge on any atom is -0.352 e. The molecule has 2 atom stereocenters. The first-order chi connectivity index (χ1) is 11.6. The van der Waals surface area contributed by atoms with Crippen molar-refractivity contribution >= 4 is 11.8 Å². The summed E-state index contributed by atoms with van der Waals surface area (Å²) in [6.45, 7) is 3.46. The van der Waals surface area contributed by atoms with Gasteiger partial charge in [0.1, 0.15) is 0 Å². The lowest BCUT2D eigenvalue weighted by Crippen LogP contribution is -2.39. The normalized spacial score (nSPS) is 25.0. The van der Waals surface area contributed by atoms with E-state index in [2.05, 4.69) is 17.1 Å². The molecule has 0 aromatic heterocycles. The molecule has 4 nitrogen and oxygen atoms in total. The van der Waals surface area contributed by atoms with E-state index >= 15 is 0 Å². The van der Waals surface area contributed by atoms with E-state index < -0.39 is 0 Å². The Morgan fingerprint density at radius 1 is 1.17 bits per heavy atom. The third kappa shape index (κ3) is 3.97. The molecule has 2 amide bonds. The minimum atomic E-state index is -0.150. The Bertz CT molecular complexity index is 566. The number of rotatable bonds is 5. The van der Waals surface area contributed by atoms with Gasteiger partial charge in [-0.05, 0) is 24.3 Å². The molecular formula is C20H28N2O2. The van der Waals surface area contributed by atoms with Crippen molar-refractivity contribution < 1.29 is 9.59 Å². The van der Waals surface area contributed by atoms with Crippen LogP contribution in [-0.2, 0) is 16.1 Å². The third-order valence-electron chi connectivity index (χ3n) is 5.53. The lowest BCUT2D eigenvalue weighted by atomic mass is 9.93. The van der Waals surface area contributed by atoms with E-state index in [1.165, 1.54) is 19.3 Å². The van der Waals surface area contributed by atoms with Crippen LogP contribution < -0.4 is 5.32 Å². The monoisotopic (exact) mass is 328 g/mol. The van der Waals surface area contributed by atoms with Gasteiger partial charge in [0.05, 0.1) is 5.92 Å². The fourth-order valence-electron chi connectivity index (χ4n) is 4.06. The van der Waals surface area contributed by atoms with E-state index in [1.54, 1.807) is 0 Å². The molecule has 1 saturated carbocycles. The van der Waals surface area contributed by atoms with Crippen LogP contribution in [-0.4, -0.2) is 29.3 Å². The second kappa shape index (κ2) is 7.82. The summed E-state index contributed by atoms with van der Waals surface area (Å²) in [6, 6.07) is 10.3. The van der Waals surface area contributed by atoms with Crippen LogP contribution in [0.15, 0.2) is 30.3 Å². The van der Waals surface area contributed by atoms with Crippen LogP contribution in [0.3, 0.4) is 0 Å². The predicted molar refractivity (Wildman–Crippen MR) is 94.1 cm³/mol. The zero-order valence-electron chi connectivity index (χ0n) is 14.5. The molecule has 0 bridgehead atoms. The fraction of sp³-hybridized carbons (Fsp3) is 0.600. The van der Waals surface area contributed by atoms with Gasteiger partial charge in [0.2, 0.25) is 11.8 Å². The largest absolute Gasteiger partial charge is 0.352 e. The van der Waals surface area contributed by atoms with E-state index in [4.69, 9.17) is 0 Å². The second-order valence-electron chi connectivity index (χ2n) is 7.33. The Morgan fingerprint density at radius 3 is 2.58 bits per heavy atom. The van der Waals surface area contributed by atoms with E-state index in [0.29, 0.717) is 19.0 Å². The number of nitrogens with zero attached hydrogens (tertiary/aromatic N) is 1. The average Bonchev–Trinajstić information content (AvgIpc) is 2.90. The molecule has 4 heteroatoms. The van der Waals surface area contributed by atoms with Gasteiger partial charge < -0.3 is 10.2 Å². The Hall–Kier alpha value is -1.84. The van der Waals surface area contributed by atoms with Crippen molar-refractivity contribution in [1.29, 1.82) is 0 Å². The maximum absolute atomic E-state index is 12.8. The smallest absolute Gasteiger partial charge is 0.226 e. The van der Waals surface area contributed by atoms with Crippen molar-refractivity contribution in [3.63, 3.8) is 0 Å². The molecule has 1 aliphatic heterocycles. The number of nitrogens with one attached hydrogen (secondary N) is 1. The molecular weight excluding hydrogens is 300 g/mol. The van der Waals surface area contributed by atoms with Crippen molar-refractivity contribution in [1.82, 2.24) is 10.2 Å². The number of hydrogen-bond acceptors (Lipinski definition) is 2. The quantitative estimate of drug-likeness (QED) is 0.903. The lowest BCUT2D eigenvalue weighted by molar-refractivity contribution is -0.136. The molecule has 1 aliphatic carbocycles. The number of likely N-dealkylation sites (tertiary alicyclic amines) is 1. The number of hydrogen-bond donors (Lipinski definition) is 1. The predicted octanol–water partition coefficient (Wildman–Crippen LogP) is 3.12. The second-order valence-corrected chi connectivity index (χ2v) is 7.33. The van der Waals surface area contributed by atoms with Gasteiger partial charge in [-0.2, -0.15) is 0 Å². The Morgan fingerprint density at radius 2 is 1.88 bits per heavy atom. The Balaban J connectivity index is 1.52. The minimum absolute atomic E-state index is 0.0189. The highest BCUT2D eigenvalue weighted by Gasteiger charge is 2.41. The highest BCUT2D eigenvalue weighted by Crippen LogP contribution is 2.33.